The molecule has 0 unspecified atom stereocenters. The molecule has 2 heterocycles. The number of carbonyl (C=O) groups excluding carboxylic acids is 1. The number of imidazole rings is 1. The maximum atomic E-state index is 11.9. The van der Waals surface area contributed by atoms with Gasteiger partial charge in [-0.05, 0) is 36.8 Å². The fourth-order valence-electron chi connectivity index (χ4n) is 2.33. The van der Waals surface area contributed by atoms with Crippen molar-refractivity contribution in [1.29, 1.82) is 0 Å². The van der Waals surface area contributed by atoms with E-state index < -0.39 is 5.97 Å². The summed E-state index contributed by atoms with van der Waals surface area (Å²) >= 11 is 0. The lowest BCUT2D eigenvalue weighted by atomic mass is 10.2. The van der Waals surface area contributed by atoms with Gasteiger partial charge in [-0.3, -0.25) is 4.40 Å². The van der Waals surface area contributed by atoms with Gasteiger partial charge in [0.2, 0.25) is 0 Å². The van der Waals surface area contributed by atoms with Crippen LogP contribution in [-0.4, -0.2) is 22.5 Å². The van der Waals surface area contributed by atoms with Crippen LogP contribution in [0, 0.1) is 6.92 Å². The van der Waals surface area contributed by atoms with Crippen molar-refractivity contribution in [3.8, 4) is 5.75 Å². The molecule has 0 aliphatic carbocycles. The van der Waals surface area contributed by atoms with E-state index in [2.05, 4.69) is 4.98 Å². The lowest BCUT2D eigenvalue weighted by Crippen LogP contribution is -2.10. The van der Waals surface area contributed by atoms with Crippen LogP contribution in [0.5, 0.6) is 5.75 Å². The van der Waals surface area contributed by atoms with Gasteiger partial charge in [0.1, 0.15) is 23.7 Å². The molecule has 112 valence electrons. The van der Waals surface area contributed by atoms with Gasteiger partial charge in [-0.2, -0.15) is 0 Å². The van der Waals surface area contributed by atoms with E-state index in [1.165, 1.54) is 7.11 Å². The third-order valence-corrected chi connectivity index (χ3v) is 3.37. The number of hydrogen-bond donors (Lipinski definition) is 0. The van der Waals surface area contributed by atoms with Crippen LogP contribution in [0.25, 0.3) is 5.65 Å². The average Bonchev–Trinajstić information content (AvgIpc) is 2.95. The smallest absolute Gasteiger partial charge is 0.355 e. The predicted molar refractivity (Wildman–Crippen MR) is 82.0 cm³/mol. The van der Waals surface area contributed by atoms with Gasteiger partial charge in [-0.25, -0.2) is 9.78 Å². The summed E-state index contributed by atoms with van der Waals surface area (Å²) in [6, 6.07) is 13.1. The van der Waals surface area contributed by atoms with Crippen LogP contribution in [0.1, 0.15) is 21.7 Å². The molecule has 0 radical (unpaired) electrons. The monoisotopic (exact) mass is 296 g/mol. The van der Waals surface area contributed by atoms with Crippen molar-refractivity contribution in [1.82, 2.24) is 9.38 Å². The lowest BCUT2D eigenvalue weighted by molar-refractivity contribution is 0.0591. The highest BCUT2D eigenvalue weighted by Crippen LogP contribution is 2.17. The van der Waals surface area contributed by atoms with Crippen LogP contribution in [0.3, 0.4) is 0 Å². The van der Waals surface area contributed by atoms with Crippen molar-refractivity contribution >= 4 is 11.6 Å². The number of rotatable bonds is 4. The van der Waals surface area contributed by atoms with E-state index in [1.807, 2.05) is 37.3 Å². The second-order valence-corrected chi connectivity index (χ2v) is 4.95. The number of aryl methyl sites for hydroxylation is 1. The number of ether oxygens (including phenoxy) is 2. The highest BCUT2D eigenvalue weighted by Gasteiger charge is 2.14. The van der Waals surface area contributed by atoms with Crippen molar-refractivity contribution in [2.24, 2.45) is 0 Å². The number of aromatic nitrogens is 2. The molecule has 0 saturated heterocycles. The Balaban J connectivity index is 1.92. The summed E-state index contributed by atoms with van der Waals surface area (Å²) in [7, 11) is 1.36. The summed E-state index contributed by atoms with van der Waals surface area (Å²) < 4.78 is 12.4. The molecule has 0 amide bonds. The van der Waals surface area contributed by atoms with E-state index in [-0.39, 0.29) is 0 Å². The normalized spacial score (nSPS) is 10.6. The molecule has 0 saturated carbocycles. The number of benzene rings is 1. The Morgan fingerprint density at radius 3 is 2.82 bits per heavy atom. The topological polar surface area (TPSA) is 52.8 Å². The predicted octanol–water partition coefficient (Wildman–Crippen LogP) is 3.01. The Hall–Kier alpha value is -2.82. The van der Waals surface area contributed by atoms with Gasteiger partial charge >= 0.3 is 5.97 Å². The first kappa shape index (κ1) is 14.1. The maximum Gasteiger partial charge on any atom is 0.355 e. The fourth-order valence-corrected chi connectivity index (χ4v) is 2.33. The van der Waals surface area contributed by atoms with Gasteiger partial charge in [0.15, 0.2) is 0 Å². The number of fused-ring (bicyclic) bond motifs is 1. The van der Waals surface area contributed by atoms with E-state index in [0.29, 0.717) is 17.9 Å². The molecule has 2 aromatic heterocycles. The van der Waals surface area contributed by atoms with E-state index >= 15 is 0 Å². The van der Waals surface area contributed by atoms with E-state index in [0.717, 1.165) is 17.0 Å². The Bertz CT molecular complexity index is 824. The third-order valence-electron chi connectivity index (χ3n) is 3.37. The van der Waals surface area contributed by atoms with Gasteiger partial charge in [-0.1, -0.05) is 18.2 Å². The second kappa shape index (κ2) is 5.89. The number of hydrogen-bond acceptors (Lipinski definition) is 4. The lowest BCUT2D eigenvalue weighted by Gasteiger charge is -2.09. The highest BCUT2D eigenvalue weighted by molar-refractivity contribution is 5.88. The zero-order valence-corrected chi connectivity index (χ0v) is 12.4. The molecule has 0 spiro atoms. The van der Waals surface area contributed by atoms with Crippen molar-refractivity contribution in [3.63, 3.8) is 0 Å². The first-order valence-electron chi connectivity index (χ1n) is 6.92. The van der Waals surface area contributed by atoms with Crippen LogP contribution in [-0.2, 0) is 11.3 Å². The van der Waals surface area contributed by atoms with Crippen molar-refractivity contribution < 1.29 is 14.3 Å². The minimum absolute atomic E-state index is 0.318. The van der Waals surface area contributed by atoms with Crippen molar-refractivity contribution in [2.75, 3.05) is 7.11 Å². The molecule has 3 aromatic rings. The molecule has 0 atom stereocenters. The summed E-state index contributed by atoms with van der Waals surface area (Å²) in [6.45, 7) is 2.33. The quantitative estimate of drug-likeness (QED) is 0.694. The SMILES string of the molecule is COC(=O)c1cccc2ncc(COc3cccc(C)c3)n12. The highest BCUT2D eigenvalue weighted by atomic mass is 16.5. The zero-order chi connectivity index (χ0) is 15.5. The molecule has 5 heteroatoms. The Morgan fingerprint density at radius 2 is 2.05 bits per heavy atom. The Morgan fingerprint density at radius 1 is 1.23 bits per heavy atom. The summed E-state index contributed by atoms with van der Waals surface area (Å²) in [5, 5.41) is 0. The number of pyridine rings is 1. The average molecular weight is 296 g/mol. The molecular weight excluding hydrogens is 280 g/mol. The van der Waals surface area contributed by atoms with Gasteiger partial charge in [0.05, 0.1) is 19.0 Å². The fraction of sp³-hybridized carbons (Fsp3) is 0.176. The standard InChI is InChI=1S/C17H16N2O3/c1-12-5-3-6-14(9-12)22-11-13-10-18-16-8-4-7-15(19(13)16)17(20)21-2/h3-10H,11H2,1-2H3. The summed E-state index contributed by atoms with van der Waals surface area (Å²) in [5.41, 5.74) is 3.04. The minimum Gasteiger partial charge on any atom is -0.487 e. The first-order chi connectivity index (χ1) is 10.7. The molecule has 5 nitrogen and oxygen atoms in total. The molecule has 3 rings (SSSR count). The van der Waals surface area contributed by atoms with E-state index in [1.54, 1.807) is 22.7 Å². The van der Waals surface area contributed by atoms with Crippen molar-refractivity contribution in [3.05, 3.63) is 65.6 Å². The molecular formula is C17H16N2O3. The zero-order valence-electron chi connectivity index (χ0n) is 12.4. The van der Waals surface area contributed by atoms with E-state index in [9.17, 15) is 4.79 Å². The first-order valence-corrected chi connectivity index (χ1v) is 6.92. The van der Waals surface area contributed by atoms with Crippen LogP contribution >= 0.6 is 0 Å². The number of methoxy groups -OCH3 is 1. The van der Waals surface area contributed by atoms with Gasteiger partial charge in [0.25, 0.3) is 0 Å². The van der Waals surface area contributed by atoms with Crippen LogP contribution < -0.4 is 4.74 Å². The molecule has 0 aliphatic rings. The molecule has 0 fully saturated rings. The van der Waals surface area contributed by atoms with Gasteiger partial charge in [-0.15, -0.1) is 0 Å². The molecule has 22 heavy (non-hydrogen) atoms. The van der Waals surface area contributed by atoms with Crippen LogP contribution in [0.15, 0.2) is 48.7 Å². The summed E-state index contributed by atoms with van der Waals surface area (Å²) in [5.74, 6) is 0.380. The van der Waals surface area contributed by atoms with Crippen LogP contribution in [0.2, 0.25) is 0 Å². The van der Waals surface area contributed by atoms with Gasteiger partial charge < -0.3 is 9.47 Å². The number of esters is 1. The Kier molecular flexibility index (Phi) is 3.78. The molecule has 0 bridgehead atoms. The summed E-state index contributed by atoms with van der Waals surface area (Å²) in [4.78, 5) is 16.2. The summed E-state index contributed by atoms with van der Waals surface area (Å²) in [6.07, 6.45) is 1.71. The number of carbonyl (C=O) groups is 1. The minimum atomic E-state index is -0.402. The largest absolute Gasteiger partial charge is 0.487 e. The number of nitrogens with zero attached hydrogens (tertiary/aromatic N) is 2. The Labute approximate surface area is 128 Å². The molecule has 0 aliphatic heterocycles. The van der Waals surface area contributed by atoms with Gasteiger partial charge in [0, 0.05) is 0 Å². The third kappa shape index (κ3) is 2.65. The van der Waals surface area contributed by atoms with Crippen molar-refractivity contribution in [2.45, 2.75) is 13.5 Å². The second-order valence-electron chi connectivity index (χ2n) is 4.95. The molecule has 0 N–H and O–H groups in total. The van der Waals surface area contributed by atoms with E-state index in [4.69, 9.17) is 9.47 Å². The maximum absolute atomic E-state index is 11.9. The van der Waals surface area contributed by atoms with Crippen LogP contribution in [0.4, 0.5) is 0 Å². The molecule has 1 aromatic carbocycles.